The van der Waals surface area contributed by atoms with Gasteiger partial charge in [-0.1, -0.05) is 36.4 Å². The minimum absolute atomic E-state index is 0.00984. The lowest BCUT2D eigenvalue weighted by Crippen LogP contribution is -2.25. The minimum atomic E-state index is 0.00984. The monoisotopic (exact) mass is 266 g/mol. The summed E-state index contributed by atoms with van der Waals surface area (Å²) in [5.41, 5.74) is 4.53. The fraction of sp³-hybridized carbons (Fsp3) is 0.235. The lowest BCUT2D eigenvalue weighted by Gasteiger charge is -2.07. The number of benzene rings is 2. The first-order valence-corrected chi connectivity index (χ1v) is 6.97. The number of carbonyl (C=O) groups is 1. The molecule has 1 aliphatic heterocycles. The van der Waals surface area contributed by atoms with E-state index in [-0.39, 0.29) is 5.91 Å². The van der Waals surface area contributed by atoms with Crippen LogP contribution in [0.1, 0.15) is 27.0 Å². The molecule has 0 unspecified atom stereocenters. The maximum atomic E-state index is 12.1. The van der Waals surface area contributed by atoms with Crippen molar-refractivity contribution in [3.05, 3.63) is 70.8 Å². The molecule has 1 aliphatic rings. The highest BCUT2D eigenvalue weighted by Gasteiger charge is 2.13. The molecule has 2 N–H and O–H groups in total. The standard InChI is InChI=1S/C17H18N2O/c20-17(19-9-8-13-4-2-1-3-5-13)14-6-7-15-11-18-12-16(15)10-14/h1-7,10,18H,8-9,11-12H2,(H,19,20). The van der Waals surface area contributed by atoms with Crippen LogP contribution in [0.15, 0.2) is 48.5 Å². The minimum Gasteiger partial charge on any atom is -0.352 e. The average molecular weight is 266 g/mol. The van der Waals surface area contributed by atoms with Crippen LogP contribution in [-0.4, -0.2) is 12.5 Å². The van der Waals surface area contributed by atoms with E-state index in [9.17, 15) is 4.79 Å². The molecule has 3 heteroatoms. The van der Waals surface area contributed by atoms with Crippen molar-refractivity contribution >= 4 is 5.91 Å². The first kappa shape index (κ1) is 12.9. The largest absolute Gasteiger partial charge is 0.352 e. The number of nitrogens with one attached hydrogen (secondary N) is 2. The molecule has 0 radical (unpaired) electrons. The fourth-order valence-corrected chi connectivity index (χ4v) is 2.50. The molecule has 0 fully saturated rings. The van der Waals surface area contributed by atoms with Crippen LogP contribution in [0.3, 0.4) is 0 Å². The van der Waals surface area contributed by atoms with E-state index in [1.54, 1.807) is 0 Å². The van der Waals surface area contributed by atoms with Crippen LogP contribution in [0.5, 0.6) is 0 Å². The Bertz CT molecular complexity index is 608. The molecule has 0 saturated heterocycles. The summed E-state index contributed by atoms with van der Waals surface area (Å²) in [6, 6.07) is 16.1. The van der Waals surface area contributed by atoms with E-state index < -0.39 is 0 Å². The summed E-state index contributed by atoms with van der Waals surface area (Å²) in [6.07, 6.45) is 0.860. The van der Waals surface area contributed by atoms with Gasteiger partial charge in [0.1, 0.15) is 0 Å². The lowest BCUT2D eigenvalue weighted by molar-refractivity contribution is 0.0954. The number of hydrogen-bond acceptors (Lipinski definition) is 2. The lowest BCUT2D eigenvalue weighted by atomic mass is 10.1. The third kappa shape index (κ3) is 2.89. The molecule has 1 heterocycles. The fourth-order valence-electron chi connectivity index (χ4n) is 2.50. The Balaban J connectivity index is 1.57. The molecule has 0 saturated carbocycles. The summed E-state index contributed by atoms with van der Waals surface area (Å²) in [4.78, 5) is 12.1. The Labute approximate surface area is 119 Å². The Morgan fingerprint density at radius 3 is 2.70 bits per heavy atom. The van der Waals surface area contributed by atoms with Gasteiger partial charge < -0.3 is 10.6 Å². The SMILES string of the molecule is O=C(NCCc1ccccc1)c1ccc2c(c1)CNC2. The molecule has 0 atom stereocenters. The summed E-state index contributed by atoms with van der Waals surface area (Å²) in [5, 5.41) is 6.27. The summed E-state index contributed by atoms with van der Waals surface area (Å²) in [7, 11) is 0. The zero-order valence-electron chi connectivity index (χ0n) is 11.4. The molecule has 20 heavy (non-hydrogen) atoms. The van der Waals surface area contributed by atoms with Crippen LogP contribution >= 0.6 is 0 Å². The van der Waals surface area contributed by atoms with E-state index in [0.717, 1.165) is 25.1 Å². The molecule has 102 valence electrons. The van der Waals surface area contributed by atoms with Crippen molar-refractivity contribution in [3.63, 3.8) is 0 Å². The van der Waals surface area contributed by atoms with E-state index in [2.05, 4.69) is 22.8 Å². The molecular formula is C17H18N2O. The molecule has 0 aromatic heterocycles. The van der Waals surface area contributed by atoms with E-state index in [1.165, 1.54) is 16.7 Å². The second-order valence-corrected chi connectivity index (χ2v) is 5.08. The van der Waals surface area contributed by atoms with E-state index in [1.807, 2.05) is 36.4 Å². The molecule has 2 aromatic carbocycles. The molecule has 1 amide bonds. The van der Waals surface area contributed by atoms with Crippen LogP contribution in [0.2, 0.25) is 0 Å². The summed E-state index contributed by atoms with van der Waals surface area (Å²) >= 11 is 0. The van der Waals surface area contributed by atoms with Crippen LogP contribution < -0.4 is 10.6 Å². The topological polar surface area (TPSA) is 41.1 Å². The van der Waals surface area contributed by atoms with Crippen molar-refractivity contribution in [2.45, 2.75) is 19.5 Å². The number of rotatable bonds is 4. The molecule has 0 bridgehead atoms. The second kappa shape index (κ2) is 5.88. The zero-order chi connectivity index (χ0) is 13.8. The highest BCUT2D eigenvalue weighted by atomic mass is 16.1. The molecule has 3 rings (SSSR count). The summed E-state index contributed by atoms with van der Waals surface area (Å²) in [5.74, 6) is 0.00984. The van der Waals surface area contributed by atoms with Gasteiger partial charge in [-0.2, -0.15) is 0 Å². The van der Waals surface area contributed by atoms with Crippen molar-refractivity contribution in [1.82, 2.24) is 10.6 Å². The maximum Gasteiger partial charge on any atom is 0.251 e. The van der Waals surface area contributed by atoms with Gasteiger partial charge >= 0.3 is 0 Å². The third-order valence-corrected chi connectivity index (χ3v) is 3.64. The van der Waals surface area contributed by atoms with Crippen molar-refractivity contribution in [2.24, 2.45) is 0 Å². The molecular weight excluding hydrogens is 248 g/mol. The van der Waals surface area contributed by atoms with Gasteiger partial charge in [-0.3, -0.25) is 4.79 Å². The Hall–Kier alpha value is -2.13. The summed E-state index contributed by atoms with van der Waals surface area (Å²) in [6.45, 7) is 2.43. The van der Waals surface area contributed by atoms with Crippen LogP contribution in [0.25, 0.3) is 0 Å². The first-order valence-electron chi connectivity index (χ1n) is 6.97. The molecule has 0 aliphatic carbocycles. The van der Waals surface area contributed by atoms with Crippen molar-refractivity contribution in [2.75, 3.05) is 6.54 Å². The first-order chi connectivity index (χ1) is 9.83. The molecule has 0 spiro atoms. The van der Waals surface area contributed by atoms with E-state index in [0.29, 0.717) is 6.54 Å². The van der Waals surface area contributed by atoms with E-state index >= 15 is 0 Å². The Morgan fingerprint density at radius 2 is 1.85 bits per heavy atom. The van der Waals surface area contributed by atoms with Gasteiger partial charge in [-0.15, -0.1) is 0 Å². The quantitative estimate of drug-likeness (QED) is 0.891. The van der Waals surface area contributed by atoms with E-state index in [4.69, 9.17) is 0 Å². The highest BCUT2D eigenvalue weighted by molar-refractivity contribution is 5.94. The third-order valence-electron chi connectivity index (χ3n) is 3.64. The van der Waals surface area contributed by atoms with Gasteiger partial charge in [0.05, 0.1) is 0 Å². The van der Waals surface area contributed by atoms with Crippen molar-refractivity contribution < 1.29 is 4.79 Å². The Kier molecular flexibility index (Phi) is 3.79. The van der Waals surface area contributed by atoms with Gasteiger partial charge in [0.2, 0.25) is 0 Å². The highest BCUT2D eigenvalue weighted by Crippen LogP contribution is 2.16. The van der Waals surface area contributed by atoms with Crippen molar-refractivity contribution in [3.8, 4) is 0 Å². The van der Waals surface area contributed by atoms with Crippen LogP contribution in [0.4, 0.5) is 0 Å². The predicted molar refractivity (Wildman–Crippen MR) is 79.5 cm³/mol. The summed E-state index contributed by atoms with van der Waals surface area (Å²) < 4.78 is 0. The van der Waals surface area contributed by atoms with Gasteiger partial charge in [0, 0.05) is 25.2 Å². The molecule has 3 nitrogen and oxygen atoms in total. The maximum absolute atomic E-state index is 12.1. The van der Waals surface area contributed by atoms with Crippen LogP contribution in [-0.2, 0) is 19.5 Å². The smallest absolute Gasteiger partial charge is 0.251 e. The average Bonchev–Trinajstić information content (AvgIpc) is 2.95. The predicted octanol–water partition coefficient (Wildman–Crippen LogP) is 2.26. The number of carbonyl (C=O) groups excluding carboxylic acids is 1. The number of amides is 1. The zero-order valence-corrected chi connectivity index (χ0v) is 11.4. The number of fused-ring (bicyclic) bond motifs is 1. The van der Waals surface area contributed by atoms with Crippen LogP contribution in [0, 0.1) is 0 Å². The Morgan fingerprint density at radius 1 is 1.05 bits per heavy atom. The van der Waals surface area contributed by atoms with Crippen molar-refractivity contribution in [1.29, 1.82) is 0 Å². The van der Waals surface area contributed by atoms with Gasteiger partial charge in [0.25, 0.3) is 5.91 Å². The normalized spacial score (nSPS) is 13.0. The second-order valence-electron chi connectivity index (χ2n) is 5.08. The number of hydrogen-bond donors (Lipinski definition) is 2. The van der Waals surface area contributed by atoms with Gasteiger partial charge in [-0.05, 0) is 35.2 Å². The van der Waals surface area contributed by atoms with Gasteiger partial charge in [0.15, 0.2) is 0 Å². The van der Waals surface area contributed by atoms with Gasteiger partial charge in [-0.25, -0.2) is 0 Å². The molecule has 2 aromatic rings.